The molecular formula is C24H32FN3O6S2. The number of anilines is 1. The summed E-state index contributed by atoms with van der Waals surface area (Å²) in [4.78, 5) is 12.3. The third-order valence-electron chi connectivity index (χ3n) is 5.75. The molecule has 0 atom stereocenters. The van der Waals surface area contributed by atoms with Gasteiger partial charge in [0.25, 0.3) is 0 Å². The molecule has 1 amide bonds. The van der Waals surface area contributed by atoms with Gasteiger partial charge in [0.15, 0.2) is 0 Å². The highest BCUT2D eigenvalue weighted by molar-refractivity contribution is 7.92. The predicted molar refractivity (Wildman–Crippen MR) is 135 cm³/mol. The third-order valence-corrected chi connectivity index (χ3v) is 8.86. The van der Waals surface area contributed by atoms with E-state index in [1.54, 1.807) is 12.1 Å². The molecule has 0 aromatic heterocycles. The van der Waals surface area contributed by atoms with Gasteiger partial charge in [-0.25, -0.2) is 21.2 Å². The zero-order valence-corrected chi connectivity index (χ0v) is 21.9. The van der Waals surface area contributed by atoms with Gasteiger partial charge in [-0.3, -0.25) is 9.10 Å². The van der Waals surface area contributed by atoms with Gasteiger partial charge in [0, 0.05) is 26.1 Å². The zero-order chi connectivity index (χ0) is 26.2. The SMILES string of the molecule is CS(=O)(=O)N(CCCC(=O)NCCOc1ccc(S(=O)(=O)N2CCCCC2)cc1)c1ccc(F)cc1. The molecule has 2 aromatic rings. The summed E-state index contributed by atoms with van der Waals surface area (Å²) in [5.74, 6) is -0.230. The smallest absolute Gasteiger partial charge is 0.243 e. The second-order valence-corrected chi connectivity index (χ2v) is 12.4. The molecule has 2 aromatic carbocycles. The summed E-state index contributed by atoms with van der Waals surface area (Å²) < 4.78 is 70.9. The Hall–Kier alpha value is -2.70. The Bertz CT molecular complexity index is 1210. The van der Waals surface area contributed by atoms with Crippen LogP contribution < -0.4 is 14.4 Å². The number of sulfonamides is 2. The third kappa shape index (κ3) is 7.90. The lowest BCUT2D eigenvalue weighted by molar-refractivity contribution is -0.121. The van der Waals surface area contributed by atoms with E-state index in [0.29, 0.717) is 24.5 Å². The fraction of sp³-hybridized carbons (Fsp3) is 0.458. The van der Waals surface area contributed by atoms with Crippen LogP contribution in [-0.2, 0) is 24.8 Å². The Labute approximate surface area is 212 Å². The van der Waals surface area contributed by atoms with Gasteiger partial charge in [-0.05, 0) is 67.8 Å². The quantitative estimate of drug-likeness (QED) is 0.414. The van der Waals surface area contributed by atoms with Crippen LogP contribution in [0.2, 0.25) is 0 Å². The van der Waals surface area contributed by atoms with Crippen LogP contribution in [-0.4, -0.2) is 66.1 Å². The highest BCUT2D eigenvalue weighted by Crippen LogP contribution is 2.23. The maximum Gasteiger partial charge on any atom is 0.243 e. The summed E-state index contributed by atoms with van der Waals surface area (Å²) in [5.41, 5.74) is 0.336. The lowest BCUT2D eigenvalue weighted by atomic mass is 10.2. The normalized spacial score (nSPS) is 14.8. The van der Waals surface area contributed by atoms with Crippen molar-refractivity contribution in [3.8, 4) is 5.75 Å². The van der Waals surface area contributed by atoms with E-state index in [1.807, 2.05) is 0 Å². The molecular weight excluding hydrogens is 509 g/mol. The van der Waals surface area contributed by atoms with Crippen LogP contribution >= 0.6 is 0 Å². The Balaban J connectivity index is 1.39. The molecule has 0 spiro atoms. The number of ether oxygens (including phenoxy) is 1. The molecule has 0 radical (unpaired) electrons. The number of hydrogen-bond acceptors (Lipinski definition) is 6. The first kappa shape index (κ1) is 27.9. The maximum absolute atomic E-state index is 13.1. The van der Waals surface area contributed by atoms with Gasteiger partial charge in [-0.15, -0.1) is 0 Å². The van der Waals surface area contributed by atoms with Crippen LogP contribution in [0, 0.1) is 5.82 Å². The van der Waals surface area contributed by atoms with E-state index in [4.69, 9.17) is 4.74 Å². The molecule has 1 N–H and O–H groups in total. The maximum atomic E-state index is 13.1. The highest BCUT2D eigenvalue weighted by atomic mass is 32.2. The van der Waals surface area contributed by atoms with E-state index in [-0.39, 0.29) is 43.3 Å². The van der Waals surface area contributed by atoms with E-state index < -0.39 is 25.9 Å². The van der Waals surface area contributed by atoms with Crippen LogP contribution in [0.3, 0.4) is 0 Å². The highest BCUT2D eigenvalue weighted by Gasteiger charge is 2.25. The van der Waals surface area contributed by atoms with Gasteiger partial charge in [0.05, 0.1) is 23.4 Å². The minimum atomic E-state index is -3.58. The molecule has 9 nitrogen and oxygen atoms in total. The molecule has 0 aliphatic carbocycles. The van der Waals surface area contributed by atoms with Gasteiger partial charge in [0.1, 0.15) is 18.2 Å². The molecule has 0 saturated carbocycles. The van der Waals surface area contributed by atoms with Crippen molar-refractivity contribution < 1.29 is 30.8 Å². The number of nitrogens with zero attached hydrogens (tertiary/aromatic N) is 2. The molecule has 198 valence electrons. The van der Waals surface area contributed by atoms with Crippen LogP contribution in [0.1, 0.15) is 32.1 Å². The fourth-order valence-corrected chi connectivity index (χ4v) is 6.37. The number of halogens is 1. The molecule has 3 rings (SSSR count). The van der Waals surface area contributed by atoms with Crippen molar-refractivity contribution in [2.75, 3.05) is 43.3 Å². The zero-order valence-electron chi connectivity index (χ0n) is 20.2. The molecule has 1 aliphatic rings. The number of piperidine rings is 1. The summed E-state index contributed by atoms with van der Waals surface area (Å²) in [6.45, 7) is 1.59. The van der Waals surface area contributed by atoms with Crippen LogP contribution in [0.15, 0.2) is 53.4 Å². The fourth-order valence-electron chi connectivity index (χ4n) is 3.89. The van der Waals surface area contributed by atoms with E-state index in [1.165, 1.54) is 40.7 Å². The van der Waals surface area contributed by atoms with Crippen LogP contribution in [0.25, 0.3) is 0 Å². The largest absolute Gasteiger partial charge is 0.492 e. The Morgan fingerprint density at radius 2 is 1.64 bits per heavy atom. The van der Waals surface area contributed by atoms with Crippen molar-refractivity contribution >= 4 is 31.6 Å². The monoisotopic (exact) mass is 541 g/mol. The van der Waals surface area contributed by atoms with E-state index >= 15 is 0 Å². The van der Waals surface area contributed by atoms with Gasteiger partial charge in [-0.1, -0.05) is 6.42 Å². The summed E-state index contributed by atoms with van der Waals surface area (Å²) in [5, 5.41) is 2.71. The second kappa shape index (κ2) is 12.5. The first-order chi connectivity index (χ1) is 17.1. The van der Waals surface area contributed by atoms with E-state index in [2.05, 4.69) is 5.32 Å². The minimum absolute atomic E-state index is 0.0844. The molecule has 0 bridgehead atoms. The van der Waals surface area contributed by atoms with E-state index in [0.717, 1.165) is 29.8 Å². The number of hydrogen-bond donors (Lipinski definition) is 1. The predicted octanol–water partition coefficient (Wildman–Crippen LogP) is 2.74. The summed E-state index contributed by atoms with van der Waals surface area (Å²) in [7, 11) is -7.08. The first-order valence-corrected chi connectivity index (χ1v) is 15.1. The van der Waals surface area contributed by atoms with Crippen molar-refractivity contribution in [1.82, 2.24) is 9.62 Å². The Morgan fingerprint density at radius 1 is 1.00 bits per heavy atom. The molecule has 12 heteroatoms. The average Bonchev–Trinajstić information content (AvgIpc) is 2.85. The van der Waals surface area contributed by atoms with Crippen LogP contribution in [0.4, 0.5) is 10.1 Å². The number of carbonyl (C=O) groups excluding carboxylic acids is 1. The van der Waals surface area contributed by atoms with Crippen molar-refractivity contribution in [3.05, 3.63) is 54.3 Å². The molecule has 1 aliphatic heterocycles. The summed E-state index contributed by atoms with van der Waals surface area (Å²) in [6.07, 6.45) is 4.24. The minimum Gasteiger partial charge on any atom is -0.492 e. The second-order valence-electron chi connectivity index (χ2n) is 8.55. The Morgan fingerprint density at radius 3 is 2.25 bits per heavy atom. The topological polar surface area (TPSA) is 113 Å². The number of benzene rings is 2. The standard InChI is InChI=1S/C24H32FN3O6S2/c1-35(30,31)28(21-9-7-20(25)8-10-21)18-5-6-24(29)26-15-19-34-22-11-13-23(14-12-22)36(32,33)27-16-3-2-4-17-27/h7-14H,2-6,15-19H2,1H3,(H,26,29). The Kier molecular flexibility index (Phi) is 9.69. The molecule has 36 heavy (non-hydrogen) atoms. The van der Waals surface area contributed by atoms with Crippen molar-refractivity contribution in [1.29, 1.82) is 0 Å². The van der Waals surface area contributed by atoms with Gasteiger partial charge in [-0.2, -0.15) is 4.31 Å². The van der Waals surface area contributed by atoms with Crippen LogP contribution in [0.5, 0.6) is 5.75 Å². The molecule has 1 saturated heterocycles. The van der Waals surface area contributed by atoms with Gasteiger partial charge >= 0.3 is 0 Å². The molecule has 0 unspecified atom stereocenters. The van der Waals surface area contributed by atoms with Crippen molar-refractivity contribution in [2.45, 2.75) is 37.0 Å². The molecule has 1 heterocycles. The van der Waals surface area contributed by atoms with Crippen molar-refractivity contribution in [2.24, 2.45) is 0 Å². The number of rotatable bonds is 12. The van der Waals surface area contributed by atoms with Gasteiger partial charge in [0.2, 0.25) is 26.0 Å². The number of nitrogens with one attached hydrogen (secondary N) is 1. The van der Waals surface area contributed by atoms with Crippen molar-refractivity contribution in [3.63, 3.8) is 0 Å². The van der Waals surface area contributed by atoms with Gasteiger partial charge < -0.3 is 10.1 Å². The number of carbonyl (C=O) groups is 1. The lowest BCUT2D eigenvalue weighted by Gasteiger charge is -2.25. The molecule has 1 fully saturated rings. The number of amides is 1. The lowest BCUT2D eigenvalue weighted by Crippen LogP contribution is -2.35. The van der Waals surface area contributed by atoms with E-state index in [9.17, 15) is 26.0 Å². The summed E-state index contributed by atoms with van der Waals surface area (Å²) >= 11 is 0. The average molecular weight is 542 g/mol. The summed E-state index contributed by atoms with van der Waals surface area (Å²) in [6, 6.07) is 11.3. The first-order valence-electron chi connectivity index (χ1n) is 11.8.